The van der Waals surface area contributed by atoms with Crippen LogP contribution < -0.4 is 19.7 Å². The molecule has 0 aliphatic rings. The molecule has 0 aliphatic heterocycles. The zero-order valence-corrected chi connectivity index (χ0v) is 19.8. The number of carbonyl (C=O) groups is 2. The Hall–Kier alpha value is -3.54. The van der Waals surface area contributed by atoms with Gasteiger partial charge in [-0.1, -0.05) is 50.1 Å². The van der Waals surface area contributed by atoms with Crippen LogP contribution in [0.4, 0.5) is 5.69 Å². The number of fused-ring (bicyclic) bond motifs is 1. The molecule has 0 saturated carbocycles. The fourth-order valence-electron chi connectivity index (χ4n) is 3.86. The van der Waals surface area contributed by atoms with Gasteiger partial charge in [0, 0.05) is 12.1 Å². The summed E-state index contributed by atoms with van der Waals surface area (Å²) in [6, 6.07) is 17.1. The van der Waals surface area contributed by atoms with Crippen LogP contribution in [0.2, 0.25) is 0 Å². The molecular weight excluding hydrogens is 416 g/mol. The second-order valence-electron chi connectivity index (χ2n) is 8.02. The first-order chi connectivity index (χ1) is 16.0. The van der Waals surface area contributed by atoms with Crippen LogP contribution in [0.5, 0.6) is 11.5 Å². The minimum absolute atomic E-state index is 0.127. The summed E-state index contributed by atoms with van der Waals surface area (Å²) in [6.07, 6.45) is 2.85. The first-order valence-electron chi connectivity index (χ1n) is 11.3. The van der Waals surface area contributed by atoms with Gasteiger partial charge in [0.15, 0.2) is 0 Å². The zero-order chi connectivity index (χ0) is 23.8. The Bertz CT molecular complexity index is 1100. The van der Waals surface area contributed by atoms with E-state index in [0.29, 0.717) is 29.3 Å². The normalized spacial score (nSPS) is 10.7. The predicted molar refractivity (Wildman–Crippen MR) is 132 cm³/mol. The number of methoxy groups -OCH3 is 2. The molecule has 0 atom stereocenters. The highest BCUT2D eigenvalue weighted by atomic mass is 16.5. The maximum absolute atomic E-state index is 13.3. The quantitative estimate of drug-likeness (QED) is 0.437. The summed E-state index contributed by atoms with van der Waals surface area (Å²) < 4.78 is 11.2. The fraction of sp³-hybridized carbons (Fsp3) is 0.333. The number of nitrogens with one attached hydrogen (secondary N) is 1. The average molecular weight is 449 g/mol. The van der Waals surface area contributed by atoms with Gasteiger partial charge < -0.3 is 19.7 Å². The molecule has 33 heavy (non-hydrogen) atoms. The van der Waals surface area contributed by atoms with Gasteiger partial charge in [-0.15, -0.1) is 0 Å². The molecule has 6 nitrogen and oxygen atoms in total. The van der Waals surface area contributed by atoms with Crippen molar-refractivity contribution in [3.05, 3.63) is 65.7 Å². The maximum Gasteiger partial charge on any atom is 0.251 e. The highest BCUT2D eigenvalue weighted by molar-refractivity contribution is 6.03. The number of amides is 2. The lowest BCUT2D eigenvalue weighted by Crippen LogP contribution is -2.41. The van der Waals surface area contributed by atoms with Crippen LogP contribution in [0.1, 0.15) is 42.1 Å². The third-order valence-corrected chi connectivity index (χ3v) is 5.59. The Morgan fingerprint density at radius 2 is 1.58 bits per heavy atom. The third-order valence-electron chi connectivity index (χ3n) is 5.59. The van der Waals surface area contributed by atoms with Crippen LogP contribution in [0.3, 0.4) is 0 Å². The largest absolute Gasteiger partial charge is 0.494 e. The third kappa shape index (κ3) is 5.83. The van der Waals surface area contributed by atoms with Crippen molar-refractivity contribution in [2.24, 2.45) is 0 Å². The minimum atomic E-state index is -0.287. The molecule has 0 heterocycles. The van der Waals surface area contributed by atoms with Gasteiger partial charge in [0.2, 0.25) is 5.91 Å². The first-order valence-corrected chi connectivity index (χ1v) is 11.3. The van der Waals surface area contributed by atoms with Crippen molar-refractivity contribution in [3.8, 4) is 11.5 Å². The van der Waals surface area contributed by atoms with Gasteiger partial charge in [0.1, 0.15) is 17.2 Å². The molecule has 0 bridgehead atoms. The van der Waals surface area contributed by atoms with Crippen molar-refractivity contribution < 1.29 is 19.1 Å². The lowest BCUT2D eigenvalue weighted by molar-refractivity contribution is -0.117. The topological polar surface area (TPSA) is 67.9 Å². The van der Waals surface area contributed by atoms with Crippen LogP contribution >= 0.6 is 0 Å². The molecule has 0 unspecified atom stereocenters. The van der Waals surface area contributed by atoms with Crippen molar-refractivity contribution in [3.63, 3.8) is 0 Å². The smallest absolute Gasteiger partial charge is 0.251 e. The van der Waals surface area contributed by atoms with Gasteiger partial charge in [-0.3, -0.25) is 9.59 Å². The maximum atomic E-state index is 13.3. The number of rotatable bonds is 10. The number of benzene rings is 3. The van der Waals surface area contributed by atoms with Gasteiger partial charge in [-0.05, 0) is 53.9 Å². The van der Waals surface area contributed by atoms with Crippen molar-refractivity contribution in [2.45, 2.75) is 33.1 Å². The Kier molecular flexibility index (Phi) is 8.30. The summed E-state index contributed by atoms with van der Waals surface area (Å²) in [7, 11) is 3.15. The summed E-state index contributed by atoms with van der Waals surface area (Å²) in [4.78, 5) is 27.7. The first kappa shape index (κ1) is 24.1. The van der Waals surface area contributed by atoms with Crippen molar-refractivity contribution >= 4 is 28.3 Å². The SMILES string of the molecule is CCCCCN(C(=O)CNC(=O)c1ccc2ccccc2c1)c1c(OC)cc(C)cc1OC. The molecule has 1 N–H and O–H groups in total. The van der Waals surface area contributed by atoms with Crippen LogP contribution in [0.25, 0.3) is 10.8 Å². The zero-order valence-electron chi connectivity index (χ0n) is 19.8. The lowest BCUT2D eigenvalue weighted by Gasteiger charge is -2.27. The van der Waals surface area contributed by atoms with Crippen LogP contribution in [0, 0.1) is 6.92 Å². The summed E-state index contributed by atoms with van der Waals surface area (Å²) in [5, 5.41) is 4.82. The van der Waals surface area contributed by atoms with E-state index in [9.17, 15) is 9.59 Å². The van der Waals surface area contributed by atoms with E-state index in [2.05, 4.69) is 12.2 Å². The van der Waals surface area contributed by atoms with Crippen molar-refractivity contribution in [1.82, 2.24) is 5.32 Å². The van der Waals surface area contributed by atoms with Crippen LogP contribution in [-0.2, 0) is 4.79 Å². The highest BCUT2D eigenvalue weighted by Crippen LogP contribution is 2.39. The summed E-state index contributed by atoms with van der Waals surface area (Å²) in [6.45, 7) is 4.44. The molecule has 0 radical (unpaired) electrons. The number of anilines is 1. The van der Waals surface area contributed by atoms with E-state index >= 15 is 0 Å². The molecule has 6 heteroatoms. The number of nitrogens with zero attached hydrogens (tertiary/aromatic N) is 1. The lowest BCUT2D eigenvalue weighted by atomic mass is 10.1. The number of unbranched alkanes of at least 4 members (excludes halogenated alkanes) is 2. The second kappa shape index (κ2) is 11.4. The standard InChI is InChI=1S/C27H32N2O4/c1-5-6-9-14-29(26-23(32-3)15-19(2)16-24(26)33-4)25(30)18-28-27(31)22-13-12-20-10-7-8-11-21(20)17-22/h7-8,10-13,15-17H,5-6,9,14,18H2,1-4H3,(H,28,31). The summed E-state index contributed by atoms with van der Waals surface area (Å²) >= 11 is 0. The second-order valence-corrected chi connectivity index (χ2v) is 8.02. The predicted octanol–water partition coefficient (Wildman–Crippen LogP) is 5.12. The van der Waals surface area contributed by atoms with Gasteiger partial charge in [-0.2, -0.15) is 0 Å². The molecule has 0 spiro atoms. The highest BCUT2D eigenvalue weighted by Gasteiger charge is 2.24. The van der Waals surface area contributed by atoms with Crippen LogP contribution in [0.15, 0.2) is 54.6 Å². The van der Waals surface area contributed by atoms with Gasteiger partial charge in [0.25, 0.3) is 5.91 Å². The Morgan fingerprint density at radius 1 is 0.909 bits per heavy atom. The number of hydrogen-bond donors (Lipinski definition) is 1. The van der Waals surface area contributed by atoms with Crippen molar-refractivity contribution in [2.75, 3.05) is 32.2 Å². The molecule has 3 rings (SSSR count). The van der Waals surface area contributed by atoms with E-state index in [0.717, 1.165) is 35.6 Å². The van der Waals surface area contributed by atoms with Gasteiger partial charge >= 0.3 is 0 Å². The molecule has 3 aromatic carbocycles. The molecule has 174 valence electrons. The van der Waals surface area contributed by atoms with E-state index in [-0.39, 0.29) is 18.4 Å². The molecule has 3 aromatic rings. The molecule has 0 fully saturated rings. The van der Waals surface area contributed by atoms with Crippen molar-refractivity contribution in [1.29, 1.82) is 0 Å². The molecule has 0 aromatic heterocycles. The molecule has 0 aliphatic carbocycles. The number of aryl methyl sites for hydroxylation is 1. The van der Waals surface area contributed by atoms with E-state index in [4.69, 9.17) is 9.47 Å². The number of carbonyl (C=O) groups excluding carboxylic acids is 2. The Morgan fingerprint density at radius 3 is 2.21 bits per heavy atom. The fourth-order valence-corrected chi connectivity index (χ4v) is 3.86. The van der Waals surface area contributed by atoms with E-state index in [1.54, 1.807) is 25.2 Å². The van der Waals surface area contributed by atoms with E-state index in [1.807, 2.05) is 55.5 Å². The van der Waals surface area contributed by atoms with E-state index < -0.39 is 0 Å². The number of ether oxygens (including phenoxy) is 2. The minimum Gasteiger partial charge on any atom is -0.494 e. The number of hydrogen-bond acceptors (Lipinski definition) is 4. The van der Waals surface area contributed by atoms with E-state index in [1.165, 1.54) is 0 Å². The molecular formula is C27H32N2O4. The summed E-state index contributed by atoms with van der Waals surface area (Å²) in [5.41, 5.74) is 2.08. The Balaban J connectivity index is 1.81. The van der Waals surface area contributed by atoms with Crippen LogP contribution in [-0.4, -0.2) is 39.1 Å². The summed E-state index contributed by atoms with van der Waals surface area (Å²) in [5.74, 6) is 0.626. The van der Waals surface area contributed by atoms with Gasteiger partial charge in [0.05, 0.1) is 20.8 Å². The molecule has 0 saturated heterocycles. The van der Waals surface area contributed by atoms with Gasteiger partial charge in [-0.25, -0.2) is 0 Å². The monoisotopic (exact) mass is 448 g/mol. The molecule has 2 amide bonds. The average Bonchev–Trinajstić information content (AvgIpc) is 2.84. The Labute approximate surface area is 195 Å².